The molecule has 0 saturated heterocycles. The van der Waals surface area contributed by atoms with Gasteiger partial charge in [-0.15, -0.1) is 0 Å². The normalized spacial score (nSPS) is 12.9. The number of aliphatic carboxylic acids is 1. The summed E-state index contributed by atoms with van der Waals surface area (Å²) in [5, 5.41) is 23.6. The van der Waals surface area contributed by atoms with Crippen LogP contribution in [-0.4, -0.2) is 65.7 Å². The number of carbonyl (C=O) groups is 4. The molecule has 2 atom stereocenters. The number of carboxylic acids is 1. The molecule has 114 valence electrons. The fourth-order valence-electron chi connectivity index (χ4n) is 0.977. The fourth-order valence-corrected chi connectivity index (χ4v) is 0.977. The lowest BCUT2D eigenvalue weighted by atomic mass is 10.3. The summed E-state index contributed by atoms with van der Waals surface area (Å²) in [4.78, 5) is 44.1. The maximum atomic E-state index is 11.3. The first-order chi connectivity index (χ1) is 9.27. The zero-order valence-electron chi connectivity index (χ0n) is 10.9. The summed E-state index contributed by atoms with van der Waals surface area (Å²) in [6, 6.07) is -2.19. The average molecular weight is 290 g/mol. The number of nitrogens with two attached hydrogens (primary N) is 1. The molecule has 0 aliphatic heterocycles. The van der Waals surface area contributed by atoms with Crippen LogP contribution in [0.5, 0.6) is 0 Å². The number of aliphatic hydroxyl groups excluding tert-OH is 1. The van der Waals surface area contributed by atoms with Gasteiger partial charge in [0, 0.05) is 0 Å². The van der Waals surface area contributed by atoms with E-state index in [0.717, 1.165) is 0 Å². The van der Waals surface area contributed by atoms with Crippen LogP contribution in [0.4, 0.5) is 0 Å². The molecule has 0 aromatic carbocycles. The van der Waals surface area contributed by atoms with Gasteiger partial charge in [-0.05, 0) is 6.92 Å². The van der Waals surface area contributed by atoms with Gasteiger partial charge in [-0.1, -0.05) is 0 Å². The van der Waals surface area contributed by atoms with E-state index in [9.17, 15) is 19.2 Å². The fraction of sp³-hybridized carbons (Fsp3) is 0.600. The molecule has 7 N–H and O–H groups in total. The van der Waals surface area contributed by atoms with Gasteiger partial charge in [0.15, 0.2) is 0 Å². The van der Waals surface area contributed by atoms with Crippen LogP contribution in [0.3, 0.4) is 0 Å². The number of carbonyl (C=O) groups excluding carboxylic acids is 3. The summed E-state index contributed by atoms with van der Waals surface area (Å²) in [6.45, 7) is -0.103. The molecule has 10 heteroatoms. The molecule has 0 spiro atoms. The quantitative estimate of drug-likeness (QED) is 0.265. The maximum Gasteiger partial charge on any atom is 0.325 e. The van der Waals surface area contributed by atoms with Gasteiger partial charge in [0.25, 0.3) is 0 Å². The van der Waals surface area contributed by atoms with Crippen LogP contribution in [0, 0.1) is 0 Å². The number of rotatable bonds is 8. The van der Waals surface area contributed by atoms with Crippen LogP contribution in [0.15, 0.2) is 0 Å². The lowest BCUT2D eigenvalue weighted by Gasteiger charge is -2.11. The lowest BCUT2D eigenvalue weighted by Crippen LogP contribution is -2.48. The van der Waals surface area contributed by atoms with Gasteiger partial charge in [0.2, 0.25) is 17.7 Å². The summed E-state index contributed by atoms with van der Waals surface area (Å²) < 4.78 is 0. The third-order valence-electron chi connectivity index (χ3n) is 2.15. The predicted molar refractivity (Wildman–Crippen MR) is 66.3 cm³/mol. The molecule has 0 aliphatic carbocycles. The van der Waals surface area contributed by atoms with Crippen LogP contribution in [0.25, 0.3) is 0 Å². The number of nitrogens with one attached hydrogen (secondary N) is 3. The summed E-state index contributed by atoms with van der Waals surface area (Å²) in [6.07, 6.45) is 0. The molecule has 0 fully saturated rings. The van der Waals surface area contributed by atoms with Gasteiger partial charge in [-0.2, -0.15) is 0 Å². The Bertz CT molecular complexity index is 386. The van der Waals surface area contributed by atoms with E-state index in [4.69, 9.17) is 15.9 Å². The summed E-state index contributed by atoms with van der Waals surface area (Å²) in [7, 11) is 0. The van der Waals surface area contributed by atoms with Gasteiger partial charge < -0.3 is 31.9 Å². The number of carboxylic acid groups (broad SMARTS) is 1. The van der Waals surface area contributed by atoms with Crippen molar-refractivity contribution in [2.45, 2.75) is 19.0 Å². The standard InChI is InChI=1S/C10H18N4O6/c1-5(10(19)20)14-8(17)3-12-7(16)2-13-9(18)6(11)4-15/h5-6,15H,2-4,11H2,1H3,(H,12,16)(H,13,18)(H,14,17)(H,19,20). The molecule has 0 aromatic heterocycles. The van der Waals surface area contributed by atoms with E-state index in [1.807, 2.05) is 0 Å². The smallest absolute Gasteiger partial charge is 0.325 e. The zero-order valence-corrected chi connectivity index (χ0v) is 10.9. The number of amides is 3. The minimum atomic E-state index is -1.20. The summed E-state index contributed by atoms with van der Waals surface area (Å²) in [5.41, 5.74) is 5.19. The van der Waals surface area contributed by atoms with E-state index >= 15 is 0 Å². The van der Waals surface area contributed by atoms with Crippen LogP contribution in [0.2, 0.25) is 0 Å². The molecule has 0 aliphatic rings. The number of hydrogen-bond acceptors (Lipinski definition) is 6. The first kappa shape index (κ1) is 17.8. The van der Waals surface area contributed by atoms with Gasteiger partial charge in [-0.25, -0.2) is 0 Å². The van der Waals surface area contributed by atoms with Crippen molar-refractivity contribution in [2.75, 3.05) is 19.7 Å². The average Bonchev–Trinajstić information content (AvgIpc) is 2.41. The third-order valence-corrected chi connectivity index (χ3v) is 2.15. The first-order valence-electron chi connectivity index (χ1n) is 5.71. The van der Waals surface area contributed by atoms with Crippen LogP contribution < -0.4 is 21.7 Å². The third kappa shape index (κ3) is 7.28. The van der Waals surface area contributed by atoms with Crippen molar-refractivity contribution in [1.29, 1.82) is 0 Å². The second-order valence-corrected chi connectivity index (χ2v) is 3.91. The van der Waals surface area contributed by atoms with Crippen LogP contribution in [0.1, 0.15) is 6.92 Å². The highest BCUT2D eigenvalue weighted by Crippen LogP contribution is 1.80. The summed E-state index contributed by atoms with van der Waals surface area (Å²) in [5.74, 6) is -3.23. The molecule has 20 heavy (non-hydrogen) atoms. The van der Waals surface area contributed by atoms with Crippen molar-refractivity contribution in [1.82, 2.24) is 16.0 Å². The Morgan fingerprint density at radius 3 is 2.15 bits per heavy atom. The van der Waals surface area contributed by atoms with Crippen molar-refractivity contribution in [2.24, 2.45) is 5.73 Å². The molecule has 0 saturated carbocycles. The Labute approximate surface area is 114 Å². The maximum absolute atomic E-state index is 11.3. The monoisotopic (exact) mass is 290 g/mol. The molecule has 10 nitrogen and oxygen atoms in total. The van der Waals surface area contributed by atoms with E-state index in [0.29, 0.717) is 0 Å². The minimum absolute atomic E-state index is 0.408. The second-order valence-electron chi connectivity index (χ2n) is 3.91. The Kier molecular flexibility index (Phi) is 7.85. The molecular weight excluding hydrogens is 272 g/mol. The highest BCUT2D eigenvalue weighted by molar-refractivity contribution is 5.90. The highest BCUT2D eigenvalue weighted by Gasteiger charge is 2.15. The van der Waals surface area contributed by atoms with E-state index in [-0.39, 0.29) is 0 Å². The van der Waals surface area contributed by atoms with Crippen molar-refractivity contribution in [3.05, 3.63) is 0 Å². The highest BCUT2D eigenvalue weighted by atomic mass is 16.4. The predicted octanol–water partition coefficient (Wildman–Crippen LogP) is -3.87. The van der Waals surface area contributed by atoms with Crippen molar-refractivity contribution >= 4 is 23.7 Å². The van der Waals surface area contributed by atoms with E-state index in [1.54, 1.807) is 0 Å². The Hall–Kier alpha value is -2.20. The molecule has 2 unspecified atom stereocenters. The lowest BCUT2D eigenvalue weighted by molar-refractivity contribution is -0.141. The second kappa shape index (κ2) is 8.82. The number of aliphatic hydroxyl groups is 1. The van der Waals surface area contributed by atoms with E-state index in [1.165, 1.54) is 6.92 Å². The molecule has 0 heterocycles. The largest absolute Gasteiger partial charge is 0.480 e. The SMILES string of the molecule is CC(NC(=O)CNC(=O)CNC(=O)C(N)CO)C(=O)O. The molecule has 0 rings (SSSR count). The Morgan fingerprint density at radius 2 is 1.65 bits per heavy atom. The first-order valence-corrected chi connectivity index (χ1v) is 5.71. The zero-order chi connectivity index (χ0) is 15.7. The van der Waals surface area contributed by atoms with Crippen molar-refractivity contribution in [3.63, 3.8) is 0 Å². The van der Waals surface area contributed by atoms with Crippen LogP contribution in [-0.2, 0) is 19.2 Å². The van der Waals surface area contributed by atoms with Crippen molar-refractivity contribution < 1.29 is 29.4 Å². The Morgan fingerprint density at radius 1 is 1.10 bits per heavy atom. The van der Waals surface area contributed by atoms with Crippen LogP contribution >= 0.6 is 0 Å². The van der Waals surface area contributed by atoms with Gasteiger partial charge in [0.1, 0.15) is 12.1 Å². The van der Waals surface area contributed by atoms with E-state index < -0.39 is 55.5 Å². The summed E-state index contributed by atoms with van der Waals surface area (Å²) >= 11 is 0. The van der Waals surface area contributed by atoms with E-state index in [2.05, 4.69) is 16.0 Å². The minimum Gasteiger partial charge on any atom is -0.480 e. The van der Waals surface area contributed by atoms with Gasteiger partial charge in [0.05, 0.1) is 19.7 Å². The van der Waals surface area contributed by atoms with Gasteiger partial charge >= 0.3 is 5.97 Å². The van der Waals surface area contributed by atoms with Crippen molar-refractivity contribution in [3.8, 4) is 0 Å². The molecule has 0 bridgehead atoms. The molecule has 0 aromatic rings. The number of hydrogen-bond donors (Lipinski definition) is 6. The topological polar surface area (TPSA) is 171 Å². The Balaban J connectivity index is 3.91. The molecule has 0 radical (unpaired) electrons. The molecule has 3 amide bonds. The van der Waals surface area contributed by atoms with Gasteiger partial charge in [-0.3, -0.25) is 19.2 Å². The molecular formula is C10H18N4O6.